The minimum atomic E-state index is -0.106. The first-order valence-corrected chi connectivity index (χ1v) is 8.15. The summed E-state index contributed by atoms with van der Waals surface area (Å²) in [6, 6.07) is 6.70. The normalized spacial score (nSPS) is 17.2. The quantitative estimate of drug-likeness (QED) is 0.875. The number of hydrogen-bond acceptors (Lipinski definition) is 2. The van der Waals surface area contributed by atoms with Gasteiger partial charge in [-0.25, -0.2) is 0 Å². The third-order valence-corrected chi connectivity index (χ3v) is 4.63. The molecular weight excluding hydrogens is 260 g/mol. The van der Waals surface area contributed by atoms with E-state index >= 15 is 0 Å². The molecule has 0 radical (unpaired) electrons. The molecule has 0 saturated carbocycles. The largest absolute Gasteiger partial charge is 0.349 e. The molecule has 0 bridgehead atoms. The standard InChI is InChI=1S/C18H28N2O/c1-12(2)17(11-19)18(21)20-13(3)15-9-8-14-6-4-5-7-16(14)10-15/h8-10,12-13,17H,4-7,11,19H2,1-3H3,(H,20,21). The number of benzene rings is 1. The number of nitrogens with one attached hydrogen (secondary N) is 1. The Balaban J connectivity index is 2.06. The van der Waals surface area contributed by atoms with E-state index in [0.29, 0.717) is 6.54 Å². The average molecular weight is 288 g/mol. The summed E-state index contributed by atoms with van der Waals surface area (Å²) in [6.07, 6.45) is 4.94. The first kappa shape index (κ1) is 16.0. The highest BCUT2D eigenvalue weighted by Crippen LogP contribution is 2.25. The van der Waals surface area contributed by atoms with Crippen molar-refractivity contribution in [2.75, 3.05) is 6.54 Å². The molecule has 0 heterocycles. The van der Waals surface area contributed by atoms with Gasteiger partial charge in [0.1, 0.15) is 0 Å². The van der Waals surface area contributed by atoms with Crippen LogP contribution >= 0.6 is 0 Å². The lowest BCUT2D eigenvalue weighted by Crippen LogP contribution is -2.39. The maximum Gasteiger partial charge on any atom is 0.225 e. The van der Waals surface area contributed by atoms with Crippen molar-refractivity contribution in [1.29, 1.82) is 0 Å². The van der Waals surface area contributed by atoms with Crippen LogP contribution < -0.4 is 11.1 Å². The Kier molecular flexibility index (Phi) is 5.40. The van der Waals surface area contributed by atoms with Gasteiger partial charge in [-0.2, -0.15) is 0 Å². The van der Waals surface area contributed by atoms with Crippen LogP contribution in [0.15, 0.2) is 18.2 Å². The highest BCUT2D eigenvalue weighted by molar-refractivity contribution is 5.79. The van der Waals surface area contributed by atoms with Gasteiger partial charge >= 0.3 is 0 Å². The number of amides is 1. The molecule has 2 unspecified atom stereocenters. The van der Waals surface area contributed by atoms with Crippen molar-refractivity contribution in [3.05, 3.63) is 34.9 Å². The molecule has 21 heavy (non-hydrogen) atoms. The molecule has 3 N–H and O–H groups in total. The Hall–Kier alpha value is -1.35. The number of carbonyl (C=O) groups is 1. The van der Waals surface area contributed by atoms with E-state index in [9.17, 15) is 4.79 Å². The highest BCUT2D eigenvalue weighted by Gasteiger charge is 2.22. The summed E-state index contributed by atoms with van der Waals surface area (Å²) in [6.45, 7) is 6.54. The smallest absolute Gasteiger partial charge is 0.225 e. The average Bonchev–Trinajstić information content (AvgIpc) is 2.47. The summed E-state index contributed by atoms with van der Waals surface area (Å²) < 4.78 is 0. The second-order valence-electron chi connectivity index (χ2n) is 6.55. The zero-order chi connectivity index (χ0) is 15.4. The lowest BCUT2D eigenvalue weighted by molar-refractivity contribution is -0.126. The molecule has 1 amide bonds. The zero-order valence-corrected chi connectivity index (χ0v) is 13.5. The SMILES string of the molecule is CC(NC(=O)C(CN)C(C)C)c1ccc2c(c1)CCCC2. The first-order valence-electron chi connectivity index (χ1n) is 8.15. The van der Waals surface area contributed by atoms with Gasteiger partial charge < -0.3 is 11.1 Å². The van der Waals surface area contributed by atoms with Gasteiger partial charge in [-0.05, 0) is 55.2 Å². The van der Waals surface area contributed by atoms with Gasteiger partial charge in [-0.1, -0.05) is 32.0 Å². The summed E-state index contributed by atoms with van der Waals surface area (Å²) in [5, 5.41) is 3.12. The lowest BCUT2D eigenvalue weighted by atomic mass is 9.89. The molecule has 1 aromatic carbocycles. The molecule has 1 aliphatic carbocycles. The molecule has 2 rings (SSSR count). The monoisotopic (exact) mass is 288 g/mol. The molecule has 0 aromatic heterocycles. The van der Waals surface area contributed by atoms with E-state index in [1.165, 1.54) is 42.4 Å². The van der Waals surface area contributed by atoms with Crippen molar-refractivity contribution in [2.24, 2.45) is 17.6 Å². The van der Waals surface area contributed by atoms with E-state index in [1.54, 1.807) is 0 Å². The summed E-state index contributed by atoms with van der Waals surface area (Å²) in [5.74, 6) is 0.230. The van der Waals surface area contributed by atoms with Gasteiger partial charge in [0.2, 0.25) is 5.91 Å². The molecule has 3 nitrogen and oxygen atoms in total. The Bertz CT molecular complexity index is 496. The van der Waals surface area contributed by atoms with E-state index in [1.807, 2.05) is 13.8 Å². The second kappa shape index (κ2) is 7.08. The van der Waals surface area contributed by atoms with Crippen LogP contribution in [-0.4, -0.2) is 12.5 Å². The van der Waals surface area contributed by atoms with Crippen molar-refractivity contribution in [2.45, 2.75) is 52.5 Å². The Labute approximate surface area is 128 Å². The maximum absolute atomic E-state index is 12.3. The Morgan fingerprint density at radius 2 is 1.86 bits per heavy atom. The van der Waals surface area contributed by atoms with Crippen LogP contribution in [0.25, 0.3) is 0 Å². The zero-order valence-electron chi connectivity index (χ0n) is 13.5. The van der Waals surface area contributed by atoms with Crippen molar-refractivity contribution in [3.8, 4) is 0 Å². The molecule has 0 aliphatic heterocycles. The van der Waals surface area contributed by atoms with E-state index in [-0.39, 0.29) is 23.8 Å². The lowest BCUT2D eigenvalue weighted by Gasteiger charge is -2.23. The Morgan fingerprint density at radius 1 is 1.19 bits per heavy atom. The number of nitrogens with two attached hydrogens (primary N) is 1. The molecule has 116 valence electrons. The van der Waals surface area contributed by atoms with Crippen molar-refractivity contribution < 1.29 is 4.79 Å². The molecule has 0 spiro atoms. The molecule has 0 saturated heterocycles. The van der Waals surface area contributed by atoms with Crippen LogP contribution in [0.2, 0.25) is 0 Å². The topological polar surface area (TPSA) is 55.1 Å². The number of hydrogen-bond donors (Lipinski definition) is 2. The fourth-order valence-electron chi connectivity index (χ4n) is 3.11. The van der Waals surface area contributed by atoms with Gasteiger partial charge in [0, 0.05) is 6.54 Å². The van der Waals surface area contributed by atoms with Gasteiger partial charge in [-0.15, -0.1) is 0 Å². The van der Waals surface area contributed by atoms with Crippen LogP contribution in [0, 0.1) is 11.8 Å². The first-order chi connectivity index (χ1) is 10.0. The van der Waals surface area contributed by atoms with Crippen LogP contribution in [0.3, 0.4) is 0 Å². The van der Waals surface area contributed by atoms with Crippen molar-refractivity contribution >= 4 is 5.91 Å². The summed E-state index contributed by atoms with van der Waals surface area (Å²) >= 11 is 0. The summed E-state index contributed by atoms with van der Waals surface area (Å²) in [5.41, 5.74) is 9.85. The van der Waals surface area contributed by atoms with E-state index < -0.39 is 0 Å². The van der Waals surface area contributed by atoms with E-state index in [2.05, 4.69) is 30.4 Å². The summed E-state index contributed by atoms with van der Waals surface area (Å²) in [4.78, 5) is 12.3. The molecule has 1 aromatic rings. The third kappa shape index (κ3) is 3.85. The number of aryl methyl sites for hydroxylation is 2. The maximum atomic E-state index is 12.3. The predicted molar refractivity (Wildman–Crippen MR) is 87.0 cm³/mol. The fourth-order valence-corrected chi connectivity index (χ4v) is 3.11. The van der Waals surface area contributed by atoms with Gasteiger partial charge in [0.25, 0.3) is 0 Å². The second-order valence-corrected chi connectivity index (χ2v) is 6.55. The molecule has 3 heteroatoms. The third-order valence-electron chi connectivity index (χ3n) is 4.63. The van der Waals surface area contributed by atoms with Crippen LogP contribution in [-0.2, 0) is 17.6 Å². The molecule has 2 atom stereocenters. The minimum absolute atomic E-state index is 0.0394. The summed E-state index contributed by atoms with van der Waals surface area (Å²) in [7, 11) is 0. The van der Waals surface area contributed by atoms with Crippen LogP contribution in [0.4, 0.5) is 0 Å². The van der Waals surface area contributed by atoms with Gasteiger partial charge in [0.05, 0.1) is 12.0 Å². The number of rotatable bonds is 5. The molecule has 0 fully saturated rings. The minimum Gasteiger partial charge on any atom is -0.349 e. The number of carbonyl (C=O) groups excluding carboxylic acids is 1. The predicted octanol–water partition coefficient (Wildman–Crippen LogP) is 2.97. The highest BCUT2D eigenvalue weighted by atomic mass is 16.2. The van der Waals surface area contributed by atoms with Crippen LogP contribution in [0.5, 0.6) is 0 Å². The van der Waals surface area contributed by atoms with Gasteiger partial charge in [0.15, 0.2) is 0 Å². The van der Waals surface area contributed by atoms with E-state index in [4.69, 9.17) is 5.73 Å². The van der Waals surface area contributed by atoms with Gasteiger partial charge in [-0.3, -0.25) is 4.79 Å². The fraction of sp³-hybridized carbons (Fsp3) is 0.611. The van der Waals surface area contributed by atoms with E-state index in [0.717, 1.165) is 0 Å². The molecular formula is C18H28N2O. The number of fused-ring (bicyclic) bond motifs is 1. The Morgan fingerprint density at radius 3 is 2.48 bits per heavy atom. The van der Waals surface area contributed by atoms with Crippen molar-refractivity contribution in [3.63, 3.8) is 0 Å². The van der Waals surface area contributed by atoms with Crippen molar-refractivity contribution in [1.82, 2.24) is 5.32 Å². The van der Waals surface area contributed by atoms with Crippen LogP contribution in [0.1, 0.15) is 56.3 Å². The molecule has 1 aliphatic rings.